The molecule has 0 saturated heterocycles. The van der Waals surface area contributed by atoms with E-state index in [-0.39, 0.29) is 24.0 Å². The van der Waals surface area contributed by atoms with Gasteiger partial charge in [0.05, 0.1) is 11.6 Å². The second kappa shape index (κ2) is 11.2. The lowest BCUT2D eigenvalue weighted by atomic mass is 10.2. The van der Waals surface area contributed by atoms with Crippen LogP contribution in [0.4, 0.5) is 0 Å². The monoisotopic (exact) mass is 461 g/mol. The van der Waals surface area contributed by atoms with Crippen LogP contribution in [0.25, 0.3) is 0 Å². The number of aromatic nitrogens is 2. The molecule has 0 unspecified atom stereocenters. The molecule has 0 radical (unpaired) electrons. The van der Waals surface area contributed by atoms with E-state index >= 15 is 0 Å². The maximum absolute atomic E-state index is 5.53. The van der Waals surface area contributed by atoms with Crippen molar-refractivity contribution in [3.8, 4) is 5.88 Å². The van der Waals surface area contributed by atoms with Gasteiger partial charge in [-0.2, -0.15) is 0 Å². The van der Waals surface area contributed by atoms with Gasteiger partial charge in [0.15, 0.2) is 5.96 Å². The largest absolute Gasteiger partial charge is 0.478 e. The maximum Gasteiger partial charge on any atom is 0.218 e. The van der Waals surface area contributed by atoms with Gasteiger partial charge in [0.25, 0.3) is 0 Å². The van der Waals surface area contributed by atoms with Crippen LogP contribution >= 0.6 is 35.3 Å². The number of pyridine rings is 1. The summed E-state index contributed by atoms with van der Waals surface area (Å²) >= 11 is 1.73. The molecule has 2 aromatic rings. The van der Waals surface area contributed by atoms with E-state index < -0.39 is 0 Å². The maximum atomic E-state index is 5.53. The molecule has 2 rings (SSSR count). The second-order valence-electron chi connectivity index (χ2n) is 4.87. The van der Waals surface area contributed by atoms with E-state index in [9.17, 15) is 0 Å². The molecule has 0 amide bonds. The standard InChI is InChI=1S/C16H23N5OS.HI/c1-4-22-15-13(6-5-8-18-15)11-21-16(17-3)19-9-7-14-20-10-12(2)23-14;/h5-6,8,10H,4,7,9,11H2,1-3H3,(H2,17,19,21);1H. The number of halogens is 1. The summed E-state index contributed by atoms with van der Waals surface area (Å²) < 4.78 is 5.53. The Hall–Kier alpha value is -1.42. The number of rotatable bonds is 7. The minimum absolute atomic E-state index is 0. The van der Waals surface area contributed by atoms with Gasteiger partial charge in [0.1, 0.15) is 0 Å². The second-order valence-corrected chi connectivity index (χ2v) is 6.19. The zero-order chi connectivity index (χ0) is 16.5. The van der Waals surface area contributed by atoms with Crippen molar-refractivity contribution in [1.82, 2.24) is 20.6 Å². The summed E-state index contributed by atoms with van der Waals surface area (Å²) in [5.41, 5.74) is 1.01. The molecule has 0 atom stereocenters. The third-order valence-corrected chi connectivity index (χ3v) is 4.07. The van der Waals surface area contributed by atoms with Crippen LogP contribution in [0.1, 0.15) is 22.4 Å². The SMILES string of the molecule is CCOc1ncccc1CNC(=NC)NCCc1ncc(C)s1.I. The van der Waals surface area contributed by atoms with E-state index in [1.807, 2.05) is 25.3 Å². The first-order chi connectivity index (χ1) is 11.2. The molecule has 24 heavy (non-hydrogen) atoms. The molecule has 0 aliphatic heterocycles. The summed E-state index contributed by atoms with van der Waals surface area (Å²) in [6, 6.07) is 3.90. The molecular weight excluding hydrogens is 437 g/mol. The summed E-state index contributed by atoms with van der Waals surface area (Å²) in [6.07, 6.45) is 4.53. The van der Waals surface area contributed by atoms with Crippen molar-refractivity contribution in [3.63, 3.8) is 0 Å². The number of hydrogen-bond donors (Lipinski definition) is 2. The van der Waals surface area contributed by atoms with Crippen LogP contribution in [0, 0.1) is 6.92 Å². The Morgan fingerprint density at radius 3 is 2.83 bits per heavy atom. The normalized spacial score (nSPS) is 10.9. The number of nitrogens with one attached hydrogen (secondary N) is 2. The smallest absolute Gasteiger partial charge is 0.218 e. The van der Waals surface area contributed by atoms with Gasteiger partial charge in [-0.25, -0.2) is 9.97 Å². The molecular formula is C16H24IN5OS. The van der Waals surface area contributed by atoms with Crippen molar-refractivity contribution < 1.29 is 4.74 Å². The minimum atomic E-state index is 0. The van der Waals surface area contributed by atoms with Crippen molar-refractivity contribution in [2.24, 2.45) is 4.99 Å². The Bertz CT molecular complexity index is 647. The Morgan fingerprint density at radius 2 is 2.17 bits per heavy atom. The molecule has 132 valence electrons. The first-order valence-electron chi connectivity index (χ1n) is 7.65. The van der Waals surface area contributed by atoms with E-state index in [2.05, 4.69) is 32.5 Å². The highest BCUT2D eigenvalue weighted by Crippen LogP contribution is 2.13. The third-order valence-electron chi connectivity index (χ3n) is 3.10. The van der Waals surface area contributed by atoms with Crippen LogP contribution in [-0.2, 0) is 13.0 Å². The van der Waals surface area contributed by atoms with Crippen LogP contribution in [0.3, 0.4) is 0 Å². The van der Waals surface area contributed by atoms with Crippen molar-refractivity contribution in [3.05, 3.63) is 40.0 Å². The number of ether oxygens (including phenoxy) is 1. The Labute approximate surface area is 164 Å². The van der Waals surface area contributed by atoms with Gasteiger partial charge < -0.3 is 15.4 Å². The molecule has 0 saturated carbocycles. The van der Waals surface area contributed by atoms with Gasteiger partial charge in [-0.15, -0.1) is 35.3 Å². The molecule has 0 bridgehead atoms. The summed E-state index contributed by atoms with van der Waals surface area (Å²) in [4.78, 5) is 14.1. The molecule has 2 N–H and O–H groups in total. The average Bonchev–Trinajstić information content (AvgIpc) is 2.97. The third kappa shape index (κ3) is 6.60. The zero-order valence-electron chi connectivity index (χ0n) is 14.2. The lowest BCUT2D eigenvalue weighted by Crippen LogP contribution is -2.37. The van der Waals surface area contributed by atoms with E-state index in [1.54, 1.807) is 24.6 Å². The number of aryl methyl sites for hydroxylation is 1. The molecule has 8 heteroatoms. The van der Waals surface area contributed by atoms with Crippen LogP contribution in [0.2, 0.25) is 0 Å². The Balaban J connectivity index is 0.00000288. The van der Waals surface area contributed by atoms with E-state index in [4.69, 9.17) is 4.74 Å². The van der Waals surface area contributed by atoms with Crippen LogP contribution in [0.15, 0.2) is 29.5 Å². The molecule has 0 fully saturated rings. The number of nitrogens with zero attached hydrogens (tertiary/aromatic N) is 3. The molecule has 0 aliphatic carbocycles. The average molecular weight is 461 g/mol. The fourth-order valence-electron chi connectivity index (χ4n) is 2.03. The summed E-state index contributed by atoms with van der Waals surface area (Å²) in [7, 11) is 1.76. The summed E-state index contributed by atoms with van der Waals surface area (Å²) in [5, 5.41) is 7.71. The van der Waals surface area contributed by atoms with E-state index in [0.717, 1.165) is 29.5 Å². The minimum Gasteiger partial charge on any atom is -0.478 e. The highest BCUT2D eigenvalue weighted by Gasteiger charge is 2.05. The van der Waals surface area contributed by atoms with Gasteiger partial charge in [-0.3, -0.25) is 4.99 Å². The summed E-state index contributed by atoms with van der Waals surface area (Å²) in [6.45, 7) is 6.02. The first-order valence-corrected chi connectivity index (χ1v) is 8.47. The lowest BCUT2D eigenvalue weighted by molar-refractivity contribution is 0.322. The predicted octanol–water partition coefficient (Wildman–Crippen LogP) is 2.77. The highest BCUT2D eigenvalue weighted by atomic mass is 127. The van der Waals surface area contributed by atoms with Crippen molar-refractivity contribution in [1.29, 1.82) is 0 Å². The van der Waals surface area contributed by atoms with Crippen LogP contribution in [0.5, 0.6) is 5.88 Å². The van der Waals surface area contributed by atoms with Gasteiger partial charge in [0.2, 0.25) is 5.88 Å². The van der Waals surface area contributed by atoms with E-state index in [1.165, 1.54) is 4.88 Å². The van der Waals surface area contributed by atoms with Crippen LogP contribution < -0.4 is 15.4 Å². The van der Waals surface area contributed by atoms with Gasteiger partial charge in [-0.05, 0) is 19.9 Å². The molecule has 0 aromatic carbocycles. The van der Waals surface area contributed by atoms with Crippen molar-refractivity contribution >= 4 is 41.3 Å². The quantitative estimate of drug-likeness (QED) is 0.377. The molecule has 2 aromatic heterocycles. The molecule has 0 spiro atoms. The Kier molecular flexibility index (Phi) is 9.62. The number of aliphatic imine (C=N–C) groups is 1. The zero-order valence-corrected chi connectivity index (χ0v) is 17.4. The van der Waals surface area contributed by atoms with Gasteiger partial charge in [0, 0.05) is 49.4 Å². The van der Waals surface area contributed by atoms with E-state index in [0.29, 0.717) is 19.0 Å². The fraction of sp³-hybridized carbons (Fsp3) is 0.438. The van der Waals surface area contributed by atoms with Gasteiger partial charge in [-0.1, -0.05) is 6.07 Å². The molecule has 0 aliphatic rings. The van der Waals surface area contributed by atoms with Crippen molar-refractivity contribution in [2.45, 2.75) is 26.8 Å². The number of guanidine groups is 1. The highest BCUT2D eigenvalue weighted by molar-refractivity contribution is 14.0. The predicted molar refractivity (Wildman–Crippen MR) is 110 cm³/mol. The van der Waals surface area contributed by atoms with Crippen LogP contribution in [-0.4, -0.2) is 36.1 Å². The van der Waals surface area contributed by atoms with Gasteiger partial charge >= 0.3 is 0 Å². The molecule has 6 nitrogen and oxygen atoms in total. The number of thiazole rings is 1. The topological polar surface area (TPSA) is 71.4 Å². The fourth-order valence-corrected chi connectivity index (χ4v) is 2.82. The van der Waals surface area contributed by atoms with Crippen molar-refractivity contribution in [2.75, 3.05) is 20.2 Å². The lowest BCUT2D eigenvalue weighted by Gasteiger charge is -2.13. The summed E-state index contributed by atoms with van der Waals surface area (Å²) in [5.74, 6) is 1.42. The Morgan fingerprint density at radius 1 is 1.33 bits per heavy atom. The first kappa shape index (κ1) is 20.6. The number of hydrogen-bond acceptors (Lipinski definition) is 5. The molecule has 2 heterocycles.